The van der Waals surface area contributed by atoms with Gasteiger partial charge in [-0.05, 0) is 43.7 Å². The number of hydrogen-bond acceptors (Lipinski definition) is 5. The van der Waals surface area contributed by atoms with Crippen molar-refractivity contribution in [2.75, 3.05) is 12.8 Å². The highest BCUT2D eigenvalue weighted by Crippen LogP contribution is 2.28. The number of pyridine rings is 1. The van der Waals surface area contributed by atoms with Gasteiger partial charge in [0.05, 0.1) is 18.4 Å². The fraction of sp³-hybridized carbons (Fsp3) is 0.250. The van der Waals surface area contributed by atoms with Gasteiger partial charge >= 0.3 is 5.97 Å². The maximum atomic E-state index is 11.6. The molecule has 2 rings (SSSR count). The second-order valence-electron chi connectivity index (χ2n) is 4.59. The normalized spacial score (nSPS) is 10.2. The third-order valence-corrected chi connectivity index (χ3v) is 3.06. The van der Waals surface area contributed by atoms with Crippen LogP contribution in [0.25, 0.3) is 0 Å². The van der Waals surface area contributed by atoms with Crippen molar-refractivity contribution in [3.05, 3.63) is 47.3 Å². The van der Waals surface area contributed by atoms with Crippen LogP contribution >= 0.6 is 0 Å². The number of aromatic nitrogens is 1. The van der Waals surface area contributed by atoms with E-state index < -0.39 is 5.97 Å². The number of anilines is 1. The van der Waals surface area contributed by atoms with Gasteiger partial charge in [-0.2, -0.15) is 0 Å². The molecule has 1 aromatic heterocycles. The van der Waals surface area contributed by atoms with E-state index in [1.807, 2.05) is 26.0 Å². The van der Waals surface area contributed by atoms with Crippen molar-refractivity contribution in [3.63, 3.8) is 0 Å². The lowest BCUT2D eigenvalue weighted by molar-refractivity contribution is 0.0601. The SMILES string of the molecule is CCc1nc(C)ccc1Oc1ccc(N)c(C(=O)OC)c1. The molecule has 0 saturated carbocycles. The molecule has 0 fully saturated rings. The summed E-state index contributed by atoms with van der Waals surface area (Å²) in [5.74, 6) is 0.698. The molecule has 21 heavy (non-hydrogen) atoms. The molecule has 5 heteroatoms. The molecule has 0 radical (unpaired) electrons. The van der Waals surface area contributed by atoms with Gasteiger partial charge in [0, 0.05) is 11.4 Å². The van der Waals surface area contributed by atoms with Crippen molar-refractivity contribution < 1.29 is 14.3 Å². The molecule has 0 spiro atoms. The molecule has 1 heterocycles. The summed E-state index contributed by atoms with van der Waals surface area (Å²) in [5.41, 5.74) is 8.21. The van der Waals surface area contributed by atoms with Crippen LogP contribution in [-0.2, 0) is 11.2 Å². The van der Waals surface area contributed by atoms with Gasteiger partial charge in [0.2, 0.25) is 0 Å². The molecule has 0 aliphatic heterocycles. The minimum atomic E-state index is -0.490. The molecule has 0 aliphatic rings. The van der Waals surface area contributed by atoms with Gasteiger partial charge in [0.15, 0.2) is 0 Å². The number of nitrogen functional groups attached to an aromatic ring is 1. The Kier molecular flexibility index (Phi) is 4.42. The highest BCUT2D eigenvalue weighted by molar-refractivity contribution is 5.95. The van der Waals surface area contributed by atoms with E-state index in [1.54, 1.807) is 18.2 Å². The Morgan fingerprint density at radius 2 is 2.05 bits per heavy atom. The van der Waals surface area contributed by atoms with E-state index in [9.17, 15) is 4.79 Å². The molecule has 110 valence electrons. The maximum absolute atomic E-state index is 11.6. The summed E-state index contributed by atoms with van der Waals surface area (Å²) in [6.45, 7) is 3.94. The fourth-order valence-corrected chi connectivity index (χ4v) is 1.96. The number of methoxy groups -OCH3 is 1. The highest BCUT2D eigenvalue weighted by atomic mass is 16.5. The van der Waals surface area contributed by atoms with E-state index in [0.29, 0.717) is 17.2 Å². The van der Waals surface area contributed by atoms with Gasteiger partial charge in [-0.25, -0.2) is 4.79 Å². The number of rotatable bonds is 4. The second-order valence-corrected chi connectivity index (χ2v) is 4.59. The molecule has 0 atom stereocenters. The third-order valence-electron chi connectivity index (χ3n) is 3.06. The summed E-state index contributed by atoms with van der Waals surface area (Å²) >= 11 is 0. The van der Waals surface area contributed by atoms with E-state index in [-0.39, 0.29) is 5.56 Å². The first-order chi connectivity index (χ1) is 10.0. The number of aryl methyl sites for hydroxylation is 2. The van der Waals surface area contributed by atoms with Crippen LogP contribution in [0.1, 0.15) is 28.7 Å². The van der Waals surface area contributed by atoms with Crippen molar-refractivity contribution in [3.8, 4) is 11.5 Å². The number of ether oxygens (including phenoxy) is 2. The van der Waals surface area contributed by atoms with Gasteiger partial charge in [-0.1, -0.05) is 6.92 Å². The maximum Gasteiger partial charge on any atom is 0.340 e. The number of esters is 1. The summed E-state index contributed by atoms with van der Waals surface area (Å²) in [6.07, 6.45) is 0.760. The van der Waals surface area contributed by atoms with E-state index in [1.165, 1.54) is 7.11 Å². The van der Waals surface area contributed by atoms with E-state index >= 15 is 0 Å². The Labute approximate surface area is 123 Å². The molecule has 0 saturated heterocycles. The van der Waals surface area contributed by atoms with Crippen LogP contribution in [-0.4, -0.2) is 18.1 Å². The predicted octanol–water partition coefficient (Wildman–Crippen LogP) is 3.11. The van der Waals surface area contributed by atoms with E-state index in [2.05, 4.69) is 4.98 Å². The number of nitrogens with zero attached hydrogens (tertiary/aromatic N) is 1. The summed E-state index contributed by atoms with van der Waals surface area (Å²) in [7, 11) is 1.31. The fourth-order valence-electron chi connectivity index (χ4n) is 1.96. The lowest BCUT2D eigenvalue weighted by Gasteiger charge is -2.11. The van der Waals surface area contributed by atoms with Crippen LogP contribution in [0, 0.1) is 6.92 Å². The topological polar surface area (TPSA) is 74.4 Å². The van der Waals surface area contributed by atoms with Gasteiger partial charge < -0.3 is 15.2 Å². The molecule has 0 aliphatic carbocycles. The smallest absolute Gasteiger partial charge is 0.340 e. The highest BCUT2D eigenvalue weighted by Gasteiger charge is 2.12. The molecule has 1 aromatic carbocycles. The van der Waals surface area contributed by atoms with Crippen molar-refractivity contribution in [2.45, 2.75) is 20.3 Å². The van der Waals surface area contributed by atoms with Crippen molar-refractivity contribution in [1.82, 2.24) is 4.98 Å². The van der Waals surface area contributed by atoms with Crippen LogP contribution in [0.15, 0.2) is 30.3 Å². The zero-order valence-electron chi connectivity index (χ0n) is 12.3. The quantitative estimate of drug-likeness (QED) is 0.690. The Bertz CT molecular complexity index is 669. The lowest BCUT2D eigenvalue weighted by atomic mass is 10.1. The standard InChI is InChI=1S/C16H18N2O3/c1-4-14-15(8-5-10(2)18-14)21-11-6-7-13(17)12(9-11)16(19)20-3/h5-9H,4,17H2,1-3H3. The number of carbonyl (C=O) groups is 1. The van der Waals surface area contributed by atoms with Crippen LogP contribution in [0.4, 0.5) is 5.69 Å². The zero-order valence-corrected chi connectivity index (χ0v) is 12.3. The summed E-state index contributed by atoms with van der Waals surface area (Å²) in [5, 5.41) is 0. The first kappa shape index (κ1) is 14.8. The van der Waals surface area contributed by atoms with Crippen LogP contribution < -0.4 is 10.5 Å². The van der Waals surface area contributed by atoms with Crippen LogP contribution in [0.3, 0.4) is 0 Å². The Morgan fingerprint density at radius 1 is 1.29 bits per heavy atom. The summed E-state index contributed by atoms with van der Waals surface area (Å²) in [6, 6.07) is 8.65. The molecule has 0 amide bonds. The number of nitrogens with two attached hydrogens (primary N) is 1. The van der Waals surface area contributed by atoms with Gasteiger partial charge in [0.25, 0.3) is 0 Å². The van der Waals surface area contributed by atoms with E-state index in [4.69, 9.17) is 15.2 Å². The first-order valence-corrected chi connectivity index (χ1v) is 6.67. The Hall–Kier alpha value is -2.56. The third kappa shape index (κ3) is 3.31. The average molecular weight is 286 g/mol. The van der Waals surface area contributed by atoms with Gasteiger partial charge in [-0.15, -0.1) is 0 Å². The van der Waals surface area contributed by atoms with Crippen molar-refractivity contribution >= 4 is 11.7 Å². The Morgan fingerprint density at radius 3 is 2.71 bits per heavy atom. The average Bonchev–Trinajstić information content (AvgIpc) is 2.50. The number of benzene rings is 1. The van der Waals surface area contributed by atoms with Crippen LogP contribution in [0.5, 0.6) is 11.5 Å². The first-order valence-electron chi connectivity index (χ1n) is 6.67. The zero-order chi connectivity index (χ0) is 15.4. The molecule has 2 aromatic rings. The molecule has 0 bridgehead atoms. The lowest BCUT2D eigenvalue weighted by Crippen LogP contribution is -2.05. The number of carbonyl (C=O) groups excluding carboxylic acids is 1. The molecular weight excluding hydrogens is 268 g/mol. The van der Waals surface area contributed by atoms with Gasteiger partial charge in [0.1, 0.15) is 11.5 Å². The second kappa shape index (κ2) is 6.26. The molecular formula is C16H18N2O3. The number of hydrogen-bond donors (Lipinski definition) is 1. The van der Waals surface area contributed by atoms with Gasteiger partial charge in [-0.3, -0.25) is 4.98 Å². The summed E-state index contributed by atoms with van der Waals surface area (Å²) in [4.78, 5) is 16.1. The largest absolute Gasteiger partial charge is 0.465 e. The van der Waals surface area contributed by atoms with Crippen molar-refractivity contribution in [1.29, 1.82) is 0 Å². The minimum absolute atomic E-state index is 0.285. The van der Waals surface area contributed by atoms with Crippen molar-refractivity contribution in [2.24, 2.45) is 0 Å². The van der Waals surface area contributed by atoms with E-state index in [0.717, 1.165) is 17.8 Å². The molecule has 2 N–H and O–H groups in total. The Balaban J connectivity index is 2.34. The minimum Gasteiger partial charge on any atom is -0.465 e. The van der Waals surface area contributed by atoms with Crippen LogP contribution in [0.2, 0.25) is 0 Å². The summed E-state index contributed by atoms with van der Waals surface area (Å²) < 4.78 is 10.5. The monoisotopic (exact) mass is 286 g/mol. The molecule has 5 nitrogen and oxygen atoms in total. The molecule has 0 unspecified atom stereocenters. The predicted molar refractivity (Wildman–Crippen MR) is 80.6 cm³/mol.